The van der Waals surface area contributed by atoms with Crippen LogP contribution in [0, 0.1) is 5.82 Å². The van der Waals surface area contributed by atoms with E-state index in [1.807, 2.05) is 37.4 Å². The Kier molecular flexibility index (Phi) is 8.80. The molecule has 0 saturated carbocycles. The second kappa shape index (κ2) is 11.6. The number of piperidine rings is 1. The second-order valence-corrected chi connectivity index (χ2v) is 11.4. The molecule has 2 aliphatic heterocycles. The molecular formula is C26H32Br2FN3O2. The van der Waals surface area contributed by atoms with Crippen molar-refractivity contribution in [2.24, 2.45) is 0 Å². The highest BCUT2D eigenvalue weighted by Crippen LogP contribution is 2.27. The molecule has 0 unspecified atom stereocenters. The first-order chi connectivity index (χ1) is 16.3. The van der Waals surface area contributed by atoms with Gasteiger partial charge in [0.1, 0.15) is 5.82 Å². The van der Waals surface area contributed by atoms with E-state index in [2.05, 4.69) is 41.7 Å². The van der Waals surface area contributed by atoms with Crippen molar-refractivity contribution in [1.29, 1.82) is 0 Å². The summed E-state index contributed by atoms with van der Waals surface area (Å²) in [6.45, 7) is 5.57. The number of halogens is 3. The number of benzene rings is 2. The summed E-state index contributed by atoms with van der Waals surface area (Å²) < 4.78 is 15.3. The molecule has 2 aromatic carbocycles. The average Bonchev–Trinajstić information content (AvgIpc) is 2.77. The quantitative estimate of drug-likeness (QED) is 0.478. The lowest BCUT2D eigenvalue weighted by Crippen LogP contribution is -2.61. The Morgan fingerprint density at radius 3 is 2.35 bits per heavy atom. The van der Waals surface area contributed by atoms with E-state index in [1.165, 1.54) is 12.1 Å². The molecule has 2 saturated heterocycles. The van der Waals surface area contributed by atoms with Crippen molar-refractivity contribution in [1.82, 2.24) is 14.7 Å². The summed E-state index contributed by atoms with van der Waals surface area (Å²) in [4.78, 5) is 19.8. The van der Waals surface area contributed by atoms with Crippen LogP contribution in [0.5, 0.6) is 0 Å². The van der Waals surface area contributed by atoms with Crippen LogP contribution in [0.25, 0.3) is 0 Å². The maximum absolute atomic E-state index is 13.6. The number of aliphatic hydroxyl groups is 1. The third kappa shape index (κ3) is 6.66. The number of likely N-dealkylation sites (N-methyl/N-ethyl adjacent to an activating group) is 1. The van der Waals surface area contributed by atoms with E-state index in [-0.39, 0.29) is 23.7 Å². The standard InChI is InChI=1S/C26H32Br2FN3O2/c1-30(26(34)20-12-21(27)14-22(28)13-20)15-19(18-2-4-23(29)5-3-18)6-9-31-16-24(17-31)32-10-7-25(33)8-11-32/h2-5,12-14,19,24-25,33H,6-11,15-17H2,1H3/t19-/m1/s1. The molecule has 2 fully saturated rings. The zero-order valence-electron chi connectivity index (χ0n) is 19.5. The molecule has 1 amide bonds. The topological polar surface area (TPSA) is 47.0 Å². The highest BCUT2D eigenvalue weighted by molar-refractivity contribution is 9.11. The number of nitrogens with zero attached hydrogens (tertiary/aromatic N) is 3. The Bertz CT molecular complexity index is 956. The monoisotopic (exact) mass is 595 g/mol. The lowest BCUT2D eigenvalue weighted by Gasteiger charge is -2.47. The van der Waals surface area contributed by atoms with Crippen molar-refractivity contribution in [3.05, 3.63) is 68.4 Å². The molecule has 2 heterocycles. The molecule has 0 aliphatic carbocycles. The highest BCUT2D eigenvalue weighted by atomic mass is 79.9. The number of hydrogen-bond donors (Lipinski definition) is 1. The SMILES string of the molecule is CN(C[C@@H](CCN1CC(N2CCC(O)CC2)C1)c1ccc(F)cc1)C(=O)c1cc(Br)cc(Br)c1. The van der Waals surface area contributed by atoms with Crippen LogP contribution in [0.4, 0.5) is 4.39 Å². The third-order valence-corrected chi connectivity index (χ3v) is 7.95. The summed E-state index contributed by atoms with van der Waals surface area (Å²) >= 11 is 6.92. The van der Waals surface area contributed by atoms with Gasteiger partial charge in [-0.1, -0.05) is 44.0 Å². The molecule has 184 valence electrons. The largest absolute Gasteiger partial charge is 0.393 e. The molecule has 2 aromatic rings. The summed E-state index contributed by atoms with van der Waals surface area (Å²) in [5.74, 6) is -0.164. The molecule has 1 atom stereocenters. The Hall–Kier alpha value is -1.32. The normalized spacial score (nSPS) is 19.1. The first kappa shape index (κ1) is 25.8. The van der Waals surface area contributed by atoms with Crippen LogP contribution >= 0.6 is 31.9 Å². The Balaban J connectivity index is 1.36. The van der Waals surface area contributed by atoms with Crippen LogP contribution < -0.4 is 0 Å². The maximum Gasteiger partial charge on any atom is 0.253 e. The van der Waals surface area contributed by atoms with E-state index in [4.69, 9.17) is 0 Å². The van der Waals surface area contributed by atoms with E-state index in [0.717, 1.165) is 66.5 Å². The van der Waals surface area contributed by atoms with Gasteiger partial charge in [-0.15, -0.1) is 0 Å². The molecule has 0 radical (unpaired) electrons. The lowest BCUT2D eigenvalue weighted by molar-refractivity contribution is -0.00542. The molecular weight excluding hydrogens is 565 g/mol. The van der Waals surface area contributed by atoms with Crippen molar-refractivity contribution < 1.29 is 14.3 Å². The van der Waals surface area contributed by atoms with Crippen LogP contribution in [-0.2, 0) is 0 Å². The van der Waals surface area contributed by atoms with E-state index in [1.54, 1.807) is 4.90 Å². The van der Waals surface area contributed by atoms with Gasteiger partial charge in [-0.25, -0.2) is 4.39 Å². The van der Waals surface area contributed by atoms with Crippen LogP contribution in [0.1, 0.15) is 41.1 Å². The molecule has 0 spiro atoms. The van der Waals surface area contributed by atoms with Gasteiger partial charge in [0.15, 0.2) is 0 Å². The van der Waals surface area contributed by atoms with Gasteiger partial charge < -0.3 is 14.9 Å². The van der Waals surface area contributed by atoms with Crippen molar-refractivity contribution in [3.63, 3.8) is 0 Å². The maximum atomic E-state index is 13.6. The summed E-state index contributed by atoms with van der Waals surface area (Å²) in [7, 11) is 1.83. The number of amides is 1. The van der Waals surface area contributed by atoms with Gasteiger partial charge in [0.05, 0.1) is 6.10 Å². The molecule has 8 heteroatoms. The molecule has 34 heavy (non-hydrogen) atoms. The van der Waals surface area contributed by atoms with Gasteiger partial charge in [0.2, 0.25) is 0 Å². The minimum absolute atomic E-state index is 0.0367. The fraction of sp³-hybridized carbons (Fsp3) is 0.500. The predicted octanol–water partition coefficient (Wildman–Crippen LogP) is 4.74. The molecule has 0 aromatic heterocycles. The molecule has 5 nitrogen and oxygen atoms in total. The van der Waals surface area contributed by atoms with E-state index < -0.39 is 0 Å². The summed E-state index contributed by atoms with van der Waals surface area (Å²) in [6, 6.07) is 12.8. The Labute approximate surface area is 218 Å². The van der Waals surface area contributed by atoms with Gasteiger partial charge in [-0.05, 0) is 61.7 Å². The molecule has 2 aliphatic rings. The molecule has 0 bridgehead atoms. The Morgan fingerprint density at radius 2 is 1.74 bits per heavy atom. The van der Waals surface area contributed by atoms with E-state index >= 15 is 0 Å². The van der Waals surface area contributed by atoms with E-state index in [9.17, 15) is 14.3 Å². The number of carbonyl (C=O) groups is 1. The fourth-order valence-electron chi connectivity index (χ4n) is 4.96. The smallest absolute Gasteiger partial charge is 0.253 e. The summed E-state index contributed by atoms with van der Waals surface area (Å²) in [5, 5.41) is 9.74. The summed E-state index contributed by atoms with van der Waals surface area (Å²) in [5.41, 5.74) is 1.68. The minimum atomic E-state index is -0.247. The number of carbonyl (C=O) groups excluding carboxylic acids is 1. The van der Waals surface area contributed by atoms with Crippen LogP contribution in [0.2, 0.25) is 0 Å². The zero-order chi connectivity index (χ0) is 24.2. The number of rotatable bonds is 8. The van der Waals surface area contributed by atoms with Crippen LogP contribution in [0.3, 0.4) is 0 Å². The number of aliphatic hydroxyl groups excluding tert-OH is 1. The van der Waals surface area contributed by atoms with Crippen molar-refractivity contribution in [3.8, 4) is 0 Å². The average molecular weight is 597 g/mol. The number of likely N-dealkylation sites (tertiary alicyclic amines) is 2. The van der Waals surface area contributed by atoms with Gasteiger partial charge in [-0.3, -0.25) is 9.69 Å². The van der Waals surface area contributed by atoms with Crippen LogP contribution in [-0.4, -0.2) is 84.2 Å². The second-order valence-electron chi connectivity index (χ2n) is 9.56. The highest BCUT2D eigenvalue weighted by Gasteiger charge is 2.33. The molecule has 4 rings (SSSR count). The minimum Gasteiger partial charge on any atom is -0.393 e. The van der Waals surface area contributed by atoms with Gasteiger partial charge >= 0.3 is 0 Å². The number of hydrogen-bond acceptors (Lipinski definition) is 4. The summed E-state index contributed by atoms with van der Waals surface area (Å²) in [6.07, 6.45) is 2.51. The van der Waals surface area contributed by atoms with Crippen molar-refractivity contribution >= 4 is 37.8 Å². The van der Waals surface area contributed by atoms with Gasteiger partial charge in [-0.2, -0.15) is 0 Å². The first-order valence-corrected chi connectivity index (χ1v) is 13.5. The van der Waals surface area contributed by atoms with Gasteiger partial charge in [0.25, 0.3) is 5.91 Å². The Morgan fingerprint density at radius 1 is 1.12 bits per heavy atom. The predicted molar refractivity (Wildman–Crippen MR) is 140 cm³/mol. The van der Waals surface area contributed by atoms with Crippen LogP contribution in [0.15, 0.2) is 51.4 Å². The molecule has 1 N–H and O–H groups in total. The van der Waals surface area contributed by atoms with Crippen molar-refractivity contribution in [2.45, 2.75) is 37.3 Å². The van der Waals surface area contributed by atoms with Crippen molar-refractivity contribution in [2.75, 3.05) is 46.3 Å². The lowest BCUT2D eigenvalue weighted by atomic mass is 9.93. The zero-order valence-corrected chi connectivity index (χ0v) is 22.6. The third-order valence-electron chi connectivity index (χ3n) is 7.04. The fourth-order valence-corrected chi connectivity index (χ4v) is 6.25. The van der Waals surface area contributed by atoms with E-state index in [0.29, 0.717) is 18.2 Å². The van der Waals surface area contributed by atoms with Gasteiger partial charge in [0, 0.05) is 66.2 Å². The first-order valence-electron chi connectivity index (χ1n) is 11.9.